The van der Waals surface area contributed by atoms with E-state index in [1.807, 2.05) is 0 Å². The van der Waals surface area contributed by atoms with E-state index in [0.717, 1.165) is 5.39 Å². The van der Waals surface area contributed by atoms with Crippen LogP contribution in [0.15, 0.2) is 30.3 Å². The van der Waals surface area contributed by atoms with Gasteiger partial charge in [-0.05, 0) is 12.1 Å². The largest absolute Gasteiger partial charge is 0.424 e. The molecule has 5 nitrogen and oxygen atoms in total. The summed E-state index contributed by atoms with van der Waals surface area (Å²) < 4.78 is 5.01. The van der Waals surface area contributed by atoms with E-state index in [9.17, 15) is 9.59 Å². The zero-order chi connectivity index (χ0) is 12.4. The average Bonchev–Trinajstić information content (AvgIpc) is 2.28. The lowest BCUT2D eigenvalue weighted by molar-refractivity contribution is -0.131. The fourth-order valence-corrected chi connectivity index (χ4v) is 1.49. The van der Waals surface area contributed by atoms with E-state index in [1.165, 1.54) is 13.0 Å². The van der Waals surface area contributed by atoms with Crippen LogP contribution in [-0.4, -0.2) is 16.9 Å². The number of fused-ring (bicyclic) bond motifs is 1. The van der Waals surface area contributed by atoms with Crippen LogP contribution in [0, 0.1) is 0 Å². The normalized spacial score (nSPS) is 10.2. The van der Waals surface area contributed by atoms with Crippen LogP contribution >= 0.6 is 0 Å². The van der Waals surface area contributed by atoms with Gasteiger partial charge in [0.25, 0.3) is 5.91 Å². The third kappa shape index (κ3) is 2.23. The van der Waals surface area contributed by atoms with E-state index in [0.29, 0.717) is 11.3 Å². The van der Waals surface area contributed by atoms with Crippen molar-refractivity contribution in [2.75, 3.05) is 0 Å². The summed E-state index contributed by atoms with van der Waals surface area (Å²) in [6.45, 7) is 1.30. The SMILES string of the molecule is CC(=O)Oc1cccc2ccc(C(N)=O)nc12. The number of aromatic nitrogens is 1. The molecule has 0 bridgehead atoms. The van der Waals surface area contributed by atoms with Gasteiger partial charge in [-0.2, -0.15) is 0 Å². The van der Waals surface area contributed by atoms with Gasteiger partial charge in [-0.1, -0.05) is 18.2 Å². The summed E-state index contributed by atoms with van der Waals surface area (Å²) in [5.74, 6) is -0.744. The molecule has 2 N–H and O–H groups in total. The summed E-state index contributed by atoms with van der Waals surface area (Å²) in [4.78, 5) is 26.0. The molecule has 0 fully saturated rings. The molecule has 1 aromatic heterocycles. The molecule has 0 radical (unpaired) electrons. The van der Waals surface area contributed by atoms with Crippen molar-refractivity contribution < 1.29 is 14.3 Å². The first-order valence-electron chi connectivity index (χ1n) is 4.96. The summed E-state index contributed by atoms with van der Waals surface area (Å²) in [6.07, 6.45) is 0. The van der Waals surface area contributed by atoms with Crippen molar-refractivity contribution in [1.82, 2.24) is 4.98 Å². The van der Waals surface area contributed by atoms with E-state index in [4.69, 9.17) is 10.5 Å². The quantitative estimate of drug-likeness (QED) is 0.622. The molecule has 86 valence electrons. The summed E-state index contributed by atoms with van der Waals surface area (Å²) in [6, 6.07) is 8.39. The zero-order valence-corrected chi connectivity index (χ0v) is 9.14. The number of benzene rings is 1. The Labute approximate surface area is 97.2 Å². The summed E-state index contributed by atoms with van der Waals surface area (Å²) in [7, 11) is 0. The molecule has 5 heteroatoms. The number of ether oxygens (including phenoxy) is 1. The topological polar surface area (TPSA) is 82.3 Å². The highest BCUT2D eigenvalue weighted by molar-refractivity contribution is 5.95. The Hall–Kier alpha value is -2.43. The Balaban J connectivity index is 2.63. The molecule has 0 aliphatic heterocycles. The van der Waals surface area contributed by atoms with Crippen LogP contribution < -0.4 is 10.5 Å². The van der Waals surface area contributed by atoms with Crippen LogP contribution in [0.2, 0.25) is 0 Å². The summed E-state index contributed by atoms with van der Waals surface area (Å²) in [5, 5.41) is 0.772. The average molecular weight is 230 g/mol. The highest BCUT2D eigenvalue weighted by atomic mass is 16.5. The Morgan fingerprint density at radius 1 is 1.24 bits per heavy atom. The van der Waals surface area contributed by atoms with Crippen LogP contribution in [0.1, 0.15) is 17.4 Å². The van der Waals surface area contributed by atoms with Gasteiger partial charge in [-0.25, -0.2) is 4.98 Å². The Morgan fingerprint density at radius 3 is 2.65 bits per heavy atom. The van der Waals surface area contributed by atoms with Crippen molar-refractivity contribution in [3.63, 3.8) is 0 Å². The van der Waals surface area contributed by atoms with Gasteiger partial charge in [0.1, 0.15) is 11.2 Å². The van der Waals surface area contributed by atoms with Crippen LogP contribution in [0.4, 0.5) is 0 Å². The summed E-state index contributed by atoms with van der Waals surface area (Å²) >= 11 is 0. The van der Waals surface area contributed by atoms with Crippen LogP contribution in [0.25, 0.3) is 10.9 Å². The second-order valence-corrected chi connectivity index (χ2v) is 3.48. The molecule has 0 saturated carbocycles. The molecule has 0 saturated heterocycles. The number of carbonyl (C=O) groups excluding carboxylic acids is 2. The van der Waals surface area contributed by atoms with Gasteiger partial charge < -0.3 is 10.5 Å². The maximum atomic E-state index is 11.0. The third-order valence-corrected chi connectivity index (χ3v) is 2.19. The summed E-state index contributed by atoms with van der Waals surface area (Å²) in [5.41, 5.74) is 5.73. The maximum absolute atomic E-state index is 11.0. The Bertz CT molecular complexity index is 608. The maximum Gasteiger partial charge on any atom is 0.308 e. The second kappa shape index (κ2) is 4.21. The Morgan fingerprint density at radius 2 is 2.00 bits per heavy atom. The molecule has 0 unspecified atom stereocenters. The number of primary amides is 1. The molecular weight excluding hydrogens is 220 g/mol. The number of esters is 1. The van der Waals surface area contributed by atoms with Gasteiger partial charge >= 0.3 is 5.97 Å². The van der Waals surface area contributed by atoms with Crippen molar-refractivity contribution in [2.45, 2.75) is 6.92 Å². The smallest absolute Gasteiger partial charge is 0.308 e. The van der Waals surface area contributed by atoms with E-state index in [-0.39, 0.29) is 5.69 Å². The molecule has 2 rings (SSSR count). The van der Waals surface area contributed by atoms with Gasteiger partial charge in [-0.15, -0.1) is 0 Å². The van der Waals surface area contributed by atoms with Crippen molar-refractivity contribution >= 4 is 22.8 Å². The molecule has 0 aliphatic carbocycles. The first kappa shape index (κ1) is 11.1. The van der Waals surface area contributed by atoms with Crippen molar-refractivity contribution in [3.05, 3.63) is 36.0 Å². The van der Waals surface area contributed by atoms with Crippen molar-refractivity contribution in [3.8, 4) is 5.75 Å². The molecule has 0 atom stereocenters. The van der Waals surface area contributed by atoms with Crippen molar-refractivity contribution in [1.29, 1.82) is 0 Å². The fourth-order valence-electron chi connectivity index (χ4n) is 1.49. The molecule has 1 aromatic carbocycles. The number of amides is 1. The minimum Gasteiger partial charge on any atom is -0.424 e. The molecular formula is C12H10N2O3. The predicted molar refractivity (Wildman–Crippen MR) is 61.6 cm³/mol. The molecule has 17 heavy (non-hydrogen) atoms. The van der Waals surface area contributed by atoms with Crippen LogP contribution in [0.3, 0.4) is 0 Å². The van der Waals surface area contributed by atoms with Crippen LogP contribution in [-0.2, 0) is 4.79 Å². The number of pyridine rings is 1. The Kier molecular flexibility index (Phi) is 2.74. The lowest BCUT2D eigenvalue weighted by Crippen LogP contribution is -2.13. The highest BCUT2D eigenvalue weighted by Crippen LogP contribution is 2.23. The first-order chi connectivity index (χ1) is 8.08. The van der Waals surface area contributed by atoms with E-state index >= 15 is 0 Å². The fraction of sp³-hybridized carbons (Fsp3) is 0.0833. The second-order valence-electron chi connectivity index (χ2n) is 3.48. The minimum atomic E-state index is -0.621. The monoisotopic (exact) mass is 230 g/mol. The third-order valence-electron chi connectivity index (χ3n) is 2.19. The highest BCUT2D eigenvalue weighted by Gasteiger charge is 2.09. The number of nitrogens with zero attached hydrogens (tertiary/aromatic N) is 1. The van der Waals surface area contributed by atoms with Gasteiger partial charge in [0.2, 0.25) is 0 Å². The van der Waals surface area contributed by atoms with Crippen LogP contribution in [0.5, 0.6) is 5.75 Å². The number of hydrogen-bond acceptors (Lipinski definition) is 4. The molecule has 0 spiro atoms. The number of rotatable bonds is 2. The number of carbonyl (C=O) groups is 2. The molecule has 1 heterocycles. The standard InChI is InChI=1S/C12H10N2O3/c1-7(15)17-10-4-2-3-8-5-6-9(12(13)16)14-11(8)10/h2-6H,1H3,(H2,13,16). The van der Waals surface area contributed by atoms with E-state index in [2.05, 4.69) is 4.98 Å². The minimum absolute atomic E-state index is 0.136. The van der Waals surface area contributed by atoms with E-state index in [1.54, 1.807) is 24.3 Å². The zero-order valence-electron chi connectivity index (χ0n) is 9.14. The van der Waals surface area contributed by atoms with E-state index < -0.39 is 11.9 Å². The number of para-hydroxylation sites is 1. The molecule has 0 aliphatic rings. The van der Waals surface area contributed by atoms with Gasteiger partial charge in [0.15, 0.2) is 5.75 Å². The predicted octanol–water partition coefficient (Wildman–Crippen LogP) is 1.26. The number of nitrogens with two attached hydrogens (primary N) is 1. The van der Waals surface area contributed by atoms with Gasteiger partial charge in [-0.3, -0.25) is 9.59 Å². The van der Waals surface area contributed by atoms with Gasteiger partial charge in [0, 0.05) is 12.3 Å². The number of hydrogen-bond donors (Lipinski definition) is 1. The van der Waals surface area contributed by atoms with Gasteiger partial charge in [0.05, 0.1) is 0 Å². The molecule has 2 aromatic rings. The lowest BCUT2D eigenvalue weighted by Gasteiger charge is -2.05. The molecule has 1 amide bonds. The lowest BCUT2D eigenvalue weighted by atomic mass is 10.2. The first-order valence-corrected chi connectivity index (χ1v) is 4.96. The van der Waals surface area contributed by atoms with Crippen molar-refractivity contribution in [2.24, 2.45) is 5.73 Å².